The van der Waals surface area contributed by atoms with E-state index in [1.54, 1.807) is 24.3 Å². The van der Waals surface area contributed by atoms with Crippen LogP contribution in [0.3, 0.4) is 0 Å². The van der Waals surface area contributed by atoms with Crippen LogP contribution in [0.4, 0.5) is 5.69 Å². The molecule has 2 saturated heterocycles. The number of rotatable bonds is 4. The van der Waals surface area contributed by atoms with Gasteiger partial charge in [-0.3, -0.25) is 19.3 Å². The minimum atomic E-state index is -1.64. The summed E-state index contributed by atoms with van der Waals surface area (Å²) in [5, 5.41) is 13.4. The first-order valence-corrected chi connectivity index (χ1v) is 16.7. The fraction of sp³-hybridized carbons (Fsp3) is 0.244. The number of anilines is 1. The molecule has 8 rings (SSSR count). The first-order valence-electron chi connectivity index (χ1n) is 16.7. The van der Waals surface area contributed by atoms with E-state index in [4.69, 9.17) is 10.5 Å². The Bertz CT molecular complexity index is 2050. The highest BCUT2D eigenvalue weighted by Crippen LogP contribution is 2.64. The molecule has 0 bridgehead atoms. The highest BCUT2D eigenvalue weighted by Gasteiger charge is 2.73. The molecule has 1 spiro atoms. The Balaban J connectivity index is 1.39. The van der Waals surface area contributed by atoms with Crippen molar-refractivity contribution in [2.75, 3.05) is 5.32 Å². The number of nitrogens with two attached hydrogens (primary N) is 1. The van der Waals surface area contributed by atoms with E-state index in [0.717, 1.165) is 42.4 Å². The molecule has 1 aliphatic carbocycles. The minimum Gasteiger partial charge on any atom is -0.508 e. The zero-order valence-electron chi connectivity index (χ0n) is 26.7. The van der Waals surface area contributed by atoms with Crippen LogP contribution in [0.15, 0.2) is 115 Å². The summed E-state index contributed by atoms with van der Waals surface area (Å²) < 4.78 is 6.30. The number of cyclic esters (lactones) is 1. The van der Waals surface area contributed by atoms with Gasteiger partial charge < -0.3 is 20.9 Å². The summed E-state index contributed by atoms with van der Waals surface area (Å²) in [5.41, 5.74) is 9.78. The third-order valence-corrected chi connectivity index (χ3v) is 10.5. The molecule has 3 heterocycles. The van der Waals surface area contributed by atoms with Crippen LogP contribution in [0.5, 0.6) is 5.75 Å². The lowest BCUT2D eigenvalue weighted by molar-refractivity contribution is -0.178. The number of morpholine rings is 1. The highest BCUT2D eigenvalue weighted by atomic mass is 16.6. The lowest BCUT2D eigenvalue weighted by atomic mass is 9.65. The van der Waals surface area contributed by atoms with E-state index in [0.29, 0.717) is 22.4 Å². The summed E-state index contributed by atoms with van der Waals surface area (Å²) in [7, 11) is 0. The van der Waals surface area contributed by atoms with Crippen molar-refractivity contribution in [1.29, 1.82) is 0 Å². The van der Waals surface area contributed by atoms with Gasteiger partial charge in [0.15, 0.2) is 0 Å². The minimum absolute atomic E-state index is 0.0458. The van der Waals surface area contributed by atoms with E-state index >= 15 is 0 Å². The SMILES string of the molecule is NC(=O)[C@H]1[C@@H]2C(=O)O[C@@H](c3ccccc3)[C@@H](c3ccccc3)N2[C@@H](c2ccc(O)cc2)[C@]12C(=O)Nc1ccc(C#CC3=CCCCC3)cc12. The average Bonchev–Trinajstić information content (AvgIpc) is 3.61. The standard InChI is InChI=1S/C41H35N3O5/c42-38(46)33-35-39(47)49-36(28-14-8-3-9-15-28)34(27-12-6-2-7-13-27)44(35)37(29-19-21-30(45)22-20-29)41(33)31-24-26(18-23-32(31)43-40(41)48)17-16-25-10-4-1-5-11-25/h2-3,6-10,12-15,18-24,33-37,45H,1,4-5,11H2,(H2,42,46)(H,43,48)/t33-,34-,35-,36+,37+,41-/m1/s1. The monoisotopic (exact) mass is 649 g/mol. The van der Waals surface area contributed by atoms with Crippen LogP contribution in [0.2, 0.25) is 0 Å². The number of carbonyl (C=O) groups excluding carboxylic acids is 3. The van der Waals surface area contributed by atoms with Gasteiger partial charge in [0.25, 0.3) is 0 Å². The second kappa shape index (κ2) is 12.1. The molecule has 4 aromatic carbocycles. The van der Waals surface area contributed by atoms with Gasteiger partial charge in [-0.25, -0.2) is 0 Å². The molecule has 8 heteroatoms. The van der Waals surface area contributed by atoms with Gasteiger partial charge in [-0.15, -0.1) is 0 Å². The number of hydrogen-bond donors (Lipinski definition) is 3. The molecule has 2 fully saturated rings. The van der Waals surface area contributed by atoms with Gasteiger partial charge in [-0.1, -0.05) is 90.7 Å². The Labute approximate surface area is 284 Å². The molecule has 0 unspecified atom stereocenters. The van der Waals surface area contributed by atoms with Crippen molar-refractivity contribution in [3.05, 3.63) is 143 Å². The number of ether oxygens (including phenoxy) is 1. The molecule has 244 valence electrons. The summed E-state index contributed by atoms with van der Waals surface area (Å²) in [5.74, 6) is 3.50. The third-order valence-electron chi connectivity index (χ3n) is 10.5. The number of hydrogen-bond acceptors (Lipinski definition) is 6. The molecule has 4 aliphatic rings. The fourth-order valence-corrected chi connectivity index (χ4v) is 8.46. The first kappa shape index (κ1) is 30.7. The highest BCUT2D eigenvalue weighted by molar-refractivity contribution is 6.12. The Kier molecular flexibility index (Phi) is 7.58. The molecular formula is C41H35N3O5. The quantitative estimate of drug-likeness (QED) is 0.184. The number of primary amides is 1. The number of nitrogens with one attached hydrogen (secondary N) is 1. The lowest BCUT2D eigenvalue weighted by Crippen LogP contribution is -2.53. The summed E-state index contributed by atoms with van der Waals surface area (Å²) in [6, 6.07) is 28.6. The van der Waals surface area contributed by atoms with Crippen LogP contribution in [0, 0.1) is 17.8 Å². The molecule has 0 radical (unpaired) electrons. The van der Waals surface area contributed by atoms with Crippen LogP contribution in [0.25, 0.3) is 0 Å². The van der Waals surface area contributed by atoms with Gasteiger partial charge in [0.2, 0.25) is 11.8 Å². The van der Waals surface area contributed by atoms with Crippen molar-refractivity contribution >= 4 is 23.5 Å². The van der Waals surface area contributed by atoms with Gasteiger partial charge in [0, 0.05) is 11.3 Å². The zero-order valence-corrected chi connectivity index (χ0v) is 26.7. The maximum Gasteiger partial charge on any atom is 0.324 e. The molecule has 0 aromatic heterocycles. The van der Waals surface area contributed by atoms with Crippen LogP contribution >= 0.6 is 0 Å². The zero-order chi connectivity index (χ0) is 33.7. The number of nitrogens with zero attached hydrogens (tertiary/aromatic N) is 1. The number of carbonyl (C=O) groups is 3. The van der Waals surface area contributed by atoms with Crippen molar-refractivity contribution in [3.63, 3.8) is 0 Å². The molecule has 4 N–H and O–H groups in total. The molecule has 49 heavy (non-hydrogen) atoms. The number of amides is 2. The number of benzene rings is 4. The van der Waals surface area contributed by atoms with E-state index in [2.05, 4.69) is 23.2 Å². The lowest BCUT2D eigenvalue weighted by Gasteiger charge is -2.46. The molecule has 6 atom stereocenters. The van der Waals surface area contributed by atoms with E-state index in [1.165, 1.54) is 0 Å². The number of fused-ring (bicyclic) bond motifs is 3. The first-order chi connectivity index (χ1) is 23.9. The van der Waals surface area contributed by atoms with Gasteiger partial charge in [-0.05, 0) is 83.8 Å². The predicted octanol–water partition coefficient (Wildman–Crippen LogP) is 6.00. The molecule has 2 amide bonds. The van der Waals surface area contributed by atoms with Gasteiger partial charge >= 0.3 is 5.97 Å². The normalized spacial score (nSPS) is 27.3. The largest absolute Gasteiger partial charge is 0.508 e. The van der Waals surface area contributed by atoms with Crippen LogP contribution in [-0.4, -0.2) is 33.8 Å². The number of phenols is 1. The molecule has 3 aliphatic heterocycles. The Morgan fingerprint density at radius 2 is 1.57 bits per heavy atom. The smallest absolute Gasteiger partial charge is 0.324 e. The summed E-state index contributed by atoms with van der Waals surface area (Å²) in [6.45, 7) is 0. The van der Waals surface area contributed by atoms with Crippen molar-refractivity contribution in [1.82, 2.24) is 4.90 Å². The van der Waals surface area contributed by atoms with Crippen molar-refractivity contribution < 1.29 is 24.2 Å². The number of esters is 1. The second-order valence-electron chi connectivity index (χ2n) is 13.2. The fourth-order valence-electron chi connectivity index (χ4n) is 8.46. The Hall–Kier alpha value is -5.65. The van der Waals surface area contributed by atoms with Gasteiger partial charge in [0.05, 0.1) is 18.0 Å². The molecule has 8 nitrogen and oxygen atoms in total. The second-order valence-corrected chi connectivity index (χ2v) is 13.2. The van der Waals surface area contributed by atoms with Gasteiger partial charge in [0.1, 0.15) is 23.3 Å². The Morgan fingerprint density at radius 3 is 2.24 bits per heavy atom. The third kappa shape index (κ3) is 4.92. The molecule has 4 aromatic rings. The van der Waals surface area contributed by atoms with E-state index in [-0.39, 0.29) is 5.75 Å². The summed E-state index contributed by atoms with van der Waals surface area (Å²) in [4.78, 5) is 45.1. The Morgan fingerprint density at radius 1 is 0.857 bits per heavy atom. The van der Waals surface area contributed by atoms with Crippen LogP contribution < -0.4 is 11.1 Å². The van der Waals surface area contributed by atoms with Crippen molar-refractivity contribution in [2.24, 2.45) is 11.7 Å². The number of aromatic hydroxyl groups is 1. The molecule has 0 saturated carbocycles. The maximum absolute atomic E-state index is 14.8. The predicted molar refractivity (Wildman–Crippen MR) is 184 cm³/mol. The average molecular weight is 650 g/mol. The number of allylic oxidation sites excluding steroid dienone is 2. The number of phenolic OH excluding ortho intramolecular Hbond substituents is 1. The summed E-state index contributed by atoms with van der Waals surface area (Å²) >= 11 is 0. The van der Waals surface area contributed by atoms with Crippen LogP contribution in [-0.2, 0) is 24.5 Å². The van der Waals surface area contributed by atoms with Gasteiger partial charge in [-0.2, -0.15) is 0 Å². The van der Waals surface area contributed by atoms with E-state index in [1.807, 2.05) is 83.8 Å². The van der Waals surface area contributed by atoms with Crippen molar-refractivity contribution in [2.45, 2.75) is 55.3 Å². The van der Waals surface area contributed by atoms with Crippen molar-refractivity contribution in [3.8, 4) is 17.6 Å². The van der Waals surface area contributed by atoms with Crippen LogP contribution in [0.1, 0.15) is 71.7 Å². The van der Waals surface area contributed by atoms with E-state index in [9.17, 15) is 19.5 Å². The van der Waals surface area contributed by atoms with E-state index < -0.39 is 53.3 Å². The molecular weight excluding hydrogens is 614 g/mol. The summed E-state index contributed by atoms with van der Waals surface area (Å²) in [6.07, 6.45) is 5.60. The topological polar surface area (TPSA) is 122 Å². The maximum atomic E-state index is 14.8.